The van der Waals surface area contributed by atoms with Crippen molar-refractivity contribution in [3.05, 3.63) is 40.4 Å². The Bertz CT molecular complexity index is 700. The van der Waals surface area contributed by atoms with E-state index in [0.717, 1.165) is 5.75 Å². The maximum Gasteiger partial charge on any atom is 0.243 e. The molecule has 0 saturated heterocycles. The van der Waals surface area contributed by atoms with Crippen molar-refractivity contribution in [2.75, 3.05) is 12.9 Å². The monoisotopic (exact) mass is 313 g/mol. The number of ether oxygens (including phenoxy) is 1. The molecule has 0 unspecified atom stereocenters. The van der Waals surface area contributed by atoms with Crippen molar-refractivity contribution in [1.29, 1.82) is 10.5 Å². The zero-order valence-electron chi connectivity index (χ0n) is 12.3. The van der Waals surface area contributed by atoms with Crippen molar-refractivity contribution in [2.24, 2.45) is 5.92 Å². The van der Waals surface area contributed by atoms with Crippen LogP contribution in [0.25, 0.3) is 0 Å². The average Bonchev–Trinajstić information content (AvgIpc) is 2.54. The molecule has 2 rings (SSSR count). The first-order valence-electron chi connectivity index (χ1n) is 6.78. The minimum atomic E-state index is -0.952. The molecule has 0 fully saturated rings. The molecule has 0 aliphatic carbocycles. The van der Waals surface area contributed by atoms with E-state index in [1.807, 2.05) is 19.1 Å². The fourth-order valence-corrected chi connectivity index (χ4v) is 3.28. The zero-order chi connectivity index (χ0) is 16.1. The Morgan fingerprint density at radius 3 is 2.68 bits per heavy atom. The van der Waals surface area contributed by atoms with Crippen molar-refractivity contribution < 1.29 is 9.53 Å². The van der Waals surface area contributed by atoms with Gasteiger partial charge in [-0.1, -0.05) is 25.1 Å². The van der Waals surface area contributed by atoms with Crippen molar-refractivity contribution >= 4 is 17.7 Å². The molecule has 112 valence electrons. The van der Waals surface area contributed by atoms with Gasteiger partial charge in [0.15, 0.2) is 0 Å². The number of carbonyl (C=O) groups is 1. The molecule has 1 aromatic rings. The minimum absolute atomic E-state index is 0.381. The number of nitriles is 2. The van der Waals surface area contributed by atoms with Crippen LogP contribution in [0.3, 0.4) is 0 Å². The molecular formula is C16H15N3O2S. The van der Waals surface area contributed by atoms with Crippen LogP contribution in [0.5, 0.6) is 5.75 Å². The van der Waals surface area contributed by atoms with Gasteiger partial charge in [-0.2, -0.15) is 10.5 Å². The van der Waals surface area contributed by atoms with E-state index < -0.39 is 11.8 Å². The van der Waals surface area contributed by atoms with Crippen LogP contribution in [0.2, 0.25) is 0 Å². The first-order chi connectivity index (χ1) is 10.7. The van der Waals surface area contributed by atoms with Gasteiger partial charge in [0.1, 0.15) is 11.7 Å². The summed E-state index contributed by atoms with van der Waals surface area (Å²) >= 11 is 1.39. The first-order valence-corrected chi connectivity index (χ1v) is 7.76. The Balaban J connectivity index is 2.66. The topological polar surface area (TPSA) is 85.9 Å². The molecule has 1 heterocycles. The Hall–Kier alpha value is -2.44. The summed E-state index contributed by atoms with van der Waals surface area (Å²) in [5.74, 6) is -0.665. The molecule has 2 atom stereocenters. The van der Waals surface area contributed by atoms with Gasteiger partial charge in [0.2, 0.25) is 5.91 Å². The molecular weight excluding hydrogens is 298 g/mol. The predicted octanol–water partition coefficient (Wildman–Crippen LogP) is 2.54. The first kappa shape index (κ1) is 15.9. The summed E-state index contributed by atoms with van der Waals surface area (Å²) in [6.45, 7) is 1.94. The summed E-state index contributed by atoms with van der Waals surface area (Å²) in [7, 11) is 1.53. The number of benzene rings is 1. The summed E-state index contributed by atoms with van der Waals surface area (Å²) in [6, 6.07) is 11.3. The summed E-state index contributed by atoms with van der Waals surface area (Å²) < 4.78 is 5.33. The molecule has 1 aromatic carbocycles. The zero-order valence-corrected chi connectivity index (χ0v) is 13.1. The van der Waals surface area contributed by atoms with Crippen LogP contribution in [0.1, 0.15) is 18.4 Å². The number of carbonyl (C=O) groups excluding carboxylic acids is 1. The van der Waals surface area contributed by atoms with E-state index in [9.17, 15) is 15.3 Å². The van der Waals surface area contributed by atoms with Crippen LogP contribution in [0.4, 0.5) is 0 Å². The van der Waals surface area contributed by atoms with Crippen LogP contribution in [-0.4, -0.2) is 18.8 Å². The van der Waals surface area contributed by atoms with Gasteiger partial charge in [-0.3, -0.25) is 4.79 Å². The second-order valence-corrected chi connectivity index (χ2v) is 5.88. The lowest BCUT2D eigenvalue weighted by Crippen LogP contribution is -2.39. The van der Waals surface area contributed by atoms with Gasteiger partial charge in [0, 0.05) is 5.56 Å². The number of amides is 1. The third-order valence-electron chi connectivity index (χ3n) is 3.43. The van der Waals surface area contributed by atoms with Gasteiger partial charge in [-0.15, -0.1) is 11.8 Å². The second-order valence-electron chi connectivity index (χ2n) is 4.60. The summed E-state index contributed by atoms with van der Waals surface area (Å²) in [5.41, 5.74) is 1.08. The Kier molecular flexibility index (Phi) is 5.08. The number of thioether (sulfide) groups is 1. The van der Waals surface area contributed by atoms with Crippen LogP contribution in [-0.2, 0) is 4.79 Å². The highest BCUT2D eigenvalue weighted by atomic mass is 32.2. The molecule has 5 nitrogen and oxygen atoms in total. The summed E-state index contributed by atoms with van der Waals surface area (Å²) in [5, 5.41) is 22.2. The third kappa shape index (κ3) is 2.79. The number of para-hydroxylation sites is 1. The second kappa shape index (κ2) is 7.02. The Morgan fingerprint density at radius 1 is 1.36 bits per heavy atom. The fraction of sp³-hybridized carbons (Fsp3) is 0.312. The molecule has 0 radical (unpaired) electrons. The van der Waals surface area contributed by atoms with E-state index in [0.29, 0.717) is 21.9 Å². The number of nitrogens with zero attached hydrogens (tertiary/aromatic N) is 2. The molecule has 0 saturated carbocycles. The lowest BCUT2D eigenvalue weighted by Gasteiger charge is -2.29. The summed E-state index contributed by atoms with van der Waals surface area (Å²) in [6.07, 6.45) is 0. The van der Waals surface area contributed by atoms with Crippen molar-refractivity contribution in [3.8, 4) is 17.9 Å². The van der Waals surface area contributed by atoms with E-state index in [-0.39, 0.29) is 5.91 Å². The van der Waals surface area contributed by atoms with Gasteiger partial charge >= 0.3 is 0 Å². The van der Waals surface area contributed by atoms with Gasteiger partial charge in [0.25, 0.3) is 0 Å². The molecule has 0 spiro atoms. The van der Waals surface area contributed by atoms with Crippen LogP contribution < -0.4 is 10.1 Å². The van der Waals surface area contributed by atoms with Crippen LogP contribution >= 0.6 is 11.8 Å². The maximum absolute atomic E-state index is 12.2. The Morgan fingerprint density at radius 2 is 2.09 bits per heavy atom. The molecule has 1 aliphatic rings. The molecule has 22 heavy (non-hydrogen) atoms. The lowest BCUT2D eigenvalue weighted by molar-refractivity contribution is -0.123. The molecule has 0 aromatic heterocycles. The van der Waals surface area contributed by atoms with E-state index in [1.54, 1.807) is 18.2 Å². The molecule has 1 N–H and O–H groups in total. The van der Waals surface area contributed by atoms with E-state index in [1.165, 1.54) is 18.9 Å². The molecule has 6 heteroatoms. The summed E-state index contributed by atoms with van der Waals surface area (Å²) in [4.78, 5) is 12.2. The predicted molar refractivity (Wildman–Crippen MR) is 83.8 cm³/mol. The smallest absolute Gasteiger partial charge is 0.243 e. The van der Waals surface area contributed by atoms with Gasteiger partial charge < -0.3 is 10.1 Å². The highest BCUT2D eigenvalue weighted by Gasteiger charge is 2.40. The van der Waals surface area contributed by atoms with Crippen molar-refractivity contribution in [2.45, 2.75) is 12.8 Å². The van der Waals surface area contributed by atoms with Gasteiger partial charge in [0.05, 0.1) is 35.8 Å². The maximum atomic E-state index is 12.2. The number of hydrogen-bond acceptors (Lipinski definition) is 5. The van der Waals surface area contributed by atoms with Gasteiger partial charge in [-0.25, -0.2) is 0 Å². The lowest BCUT2D eigenvalue weighted by atomic mass is 9.79. The molecule has 0 bridgehead atoms. The van der Waals surface area contributed by atoms with Crippen LogP contribution in [0, 0.1) is 28.6 Å². The van der Waals surface area contributed by atoms with E-state index in [4.69, 9.17) is 4.74 Å². The number of allylic oxidation sites excluding steroid dienone is 1. The number of nitrogens with one attached hydrogen (secondary N) is 1. The SMILES string of the molecule is CCSC1=C(C#N)[C@H](c2ccccc2OC)[C@@H](C#N)C(=O)N1. The molecule has 1 amide bonds. The normalized spacial score (nSPS) is 20.8. The largest absolute Gasteiger partial charge is 0.496 e. The third-order valence-corrected chi connectivity index (χ3v) is 4.33. The van der Waals surface area contributed by atoms with E-state index >= 15 is 0 Å². The Labute approximate surface area is 133 Å². The number of hydrogen-bond donors (Lipinski definition) is 1. The standard InChI is InChI=1S/C16H15N3O2S/c1-3-22-16-12(9-18)14(11(8-17)15(20)19-16)10-6-4-5-7-13(10)21-2/h4-7,11,14H,3H2,1-2H3,(H,19,20)/t11-,14-/m1/s1. The van der Waals surface area contributed by atoms with Crippen molar-refractivity contribution in [1.82, 2.24) is 5.32 Å². The number of rotatable bonds is 4. The van der Waals surface area contributed by atoms with Crippen molar-refractivity contribution in [3.63, 3.8) is 0 Å². The highest BCUT2D eigenvalue weighted by Crippen LogP contribution is 2.42. The van der Waals surface area contributed by atoms with Gasteiger partial charge in [-0.05, 0) is 11.8 Å². The molecule has 1 aliphatic heterocycles. The number of methoxy groups -OCH3 is 1. The average molecular weight is 313 g/mol. The highest BCUT2D eigenvalue weighted by molar-refractivity contribution is 8.03. The van der Waals surface area contributed by atoms with E-state index in [2.05, 4.69) is 11.4 Å². The quantitative estimate of drug-likeness (QED) is 0.923. The van der Waals surface area contributed by atoms with Crippen LogP contribution in [0.15, 0.2) is 34.9 Å². The minimum Gasteiger partial charge on any atom is -0.496 e. The fourth-order valence-electron chi connectivity index (χ4n) is 2.49.